The summed E-state index contributed by atoms with van der Waals surface area (Å²) in [4.78, 5) is 16.8. The van der Waals surface area contributed by atoms with Gasteiger partial charge in [0.1, 0.15) is 17.4 Å². The molecule has 0 atom stereocenters. The van der Waals surface area contributed by atoms with Crippen LogP contribution in [0.2, 0.25) is 0 Å². The van der Waals surface area contributed by atoms with E-state index in [1.165, 1.54) is 12.1 Å². The summed E-state index contributed by atoms with van der Waals surface area (Å²) in [6, 6.07) is 10.7. The van der Waals surface area contributed by atoms with Crippen molar-refractivity contribution >= 4 is 6.03 Å². The van der Waals surface area contributed by atoms with E-state index < -0.39 is 11.6 Å². The zero-order valence-corrected chi connectivity index (χ0v) is 16.8. The van der Waals surface area contributed by atoms with E-state index in [9.17, 15) is 13.6 Å². The molecule has 2 aromatic rings. The number of piperidine rings is 1. The molecule has 156 valence electrons. The number of halogens is 2. The topological polar surface area (TPSA) is 44.8 Å². The van der Waals surface area contributed by atoms with Crippen LogP contribution in [0.4, 0.5) is 13.6 Å². The van der Waals surface area contributed by atoms with Crippen molar-refractivity contribution in [2.45, 2.75) is 32.0 Å². The molecule has 0 unspecified atom stereocenters. The fraction of sp³-hybridized carbons (Fsp3) is 0.409. The number of benzene rings is 2. The quantitative estimate of drug-likeness (QED) is 0.799. The van der Waals surface area contributed by atoms with Crippen LogP contribution in [0.25, 0.3) is 0 Å². The Bertz CT molecular complexity index is 821. The van der Waals surface area contributed by atoms with E-state index >= 15 is 0 Å². The minimum atomic E-state index is -0.656. The molecule has 1 aliphatic heterocycles. The van der Waals surface area contributed by atoms with E-state index in [4.69, 9.17) is 4.74 Å². The standard InChI is InChI=1S/C22H27F2N3O2/c1-26-11-9-19(10-12-26)25-22(28)27(14-16-3-7-20(29-2)8-4-16)15-17-5-6-18(23)13-21(17)24/h3-8,13,19H,9-12,14-15H2,1-2H3,(H,25,28). The number of likely N-dealkylation sites (tertiary alicyclic amines) is 1. The summed E-state index contributed by atoms with van der Waals surface area (Å²) < 4.78 is 32.6. The second kappa shape index (κ2) is 9.69. The molecule has 7 heteroatoms. The summed E-state index contributed by atoms with van der Waals surface area (Å²) in [5.74, 6) is -0.568. The zero-order chi connectivity index (χ0) is 20.8. The largest absolute Gasteiger partial charge is 0.497 e. The number of nitrogens with one attached hydrogen (secondary N) is 1. The number of methoxy groups -OCH3 is 1. The van der Waals surface area contributed by atoms with Crippen LogP contribution in [0.3, 0.4) is 0 Å². The summed E-state index contributed by atoms with van der Waals surface area (Å²) in [5, 5.41) is 3.07. The SMILES string of the molecule is COc1ccc(CN(Cc2ccc(F)cc2F)C(=O)NC2CCN(C)CC2)cc1. The molecular formula is C22H27F2N3O2. The molecule has 1 heterocycles. The van der Waals surface area contributed by atoms with Gasteiger partial charge in [0.15, 0.2) is 0 Å². The van der Waals surface area contributed by atoms with Gasteiger partial charge in [0.2, 0.25) is 0 Å². The Kier molecular flexibility index (Phi) is 7.04. The molecule has 0 aromatic heterocycles. The van der Waals surface area contributed by atoms with E-state index in [0.717, 1.165) is 43.3 Å². The first-order chi connectivity index (χ1) is 13.9. The lowest BCUT2D eigenvalue weighted by Gasteiger charge is -2.32. The Balaban J connectivity index is 1.74. The van der Waals surface area contributed by atoms with Gasteiger partial charge in [-0.2, -0.15) is 0 Å². The summed E-state index contributed by atoms with van der Waals surface area (Å²) in [6.07, 6.45) is 1.76. The summed E-state index contributed by atoms with van der Waals surface area (Å²) in [6.45, 7) is 2.21. The number of hydrogen-bond acceptors (Lipinski definition) is 3. The number of ether oxygens (including phenoxy) is 1. The number of amides is 2. The molecule has 0 bridgehead atoms. The maximum Gasteiger partial charge on any atom is 0.318 e. The van der Waals surface area contributed by atoms with Crippen LogP contribution in [-0.2, 0) is 13.1 Å². The van der Waals surface area contributed by atoms with Crippen LogP contribution in [0, 0.1) is 11.6 Å². The first kappa shape index (κ1) is 21.0. The van der Waals surface area contributed by atoms with Gasteiger partial charge in [-0.05, 0) is 56.7 Å². The second-order valence-corrected chi connectivity index (χ2v) is 7.47. The van der Waals surface area contributed by atoms with Crippen LogP contribution in [0.5, 0.6) is 5.75 Å². The van der Waals surface area contributed by atoms with E-state index in [1.807, 2.05) is 24.3 Å². The molecule has 2 amide bonds. The Morgan fingerprint density at radius 1 is 1.14 bits per heavy atom. The summed E-state index contributed by atoms with van der Waals surface area (Å²) in [7, 11) is 3.65. The molecule has 0 aliphatic carbocycles. The van der Waals surface area contributed by atoms with Gasteiger partial charge in [0.05, 0.1) is 13.7 Å². The van der Waals surface area contributed by atoms with Gasteiger partial charge in [-0.1, -0.05) is 18.2 Å². The molecule has 1 fully saturated rings. The highest BCUT2D eigenvalue weighted by Crippen LogP contribution is 2.18. The van der Waals surface area contributed by atoms with Crippen molar-refractivity contribution in [1.82, 2.24) is 15.1 Å². The Labute approximate surface area is 170 Å². The predicted molar refractivity (Wildman–Crippen MR) is 108 cm³/mol. The number of rotatable bonds is 6. The lowest BCUT2D eigenvalue weighted by molar-refractivity contribution is 0.175. The minimum Gasteiger partial charge on any atom is -0.497 e. The maximum atomic E-state index is 14.2. The molecule has 1 N–H and O–H groups in total. The average molecular weight is 403 g/mol. The van der Waals surface area contributed by atoms with E-state index in [1.54, 1.807) is 12.0 Å². The van der Waals surface area contributed by atoms with E-state index in [0.29, 0.717) is 6.54 Å². The molecular weight excluding hydrogens is 376 g/mol. The van der Waals surface area contributed by atoms with Gasteiger partial charge < -0.3 is 19.9 Å². The number of urea groups is 1. The van der Waals surface area contributed by atoms with Crippen LogP contribution in [-0.4, -0.2) is 49.1 Å². The number of carbonyl (C=O) groups is 1. The number of hydrogen-bond donors (Lipinski definition) is 1. The molecule has 29 heavy (non-hydrogen) atoms. The molecule has 3 rings (SSSR count). The second-order valence-electron chi connectivity index (χ2n) is 7.47. The van der Waals surface area contributed by atoms with Crippen molar-refractivity contribution in [2.24, 2.45) is 0 Å². The molecule has 1 aliphatic rings. The monoisotopic (exact) mass is 403 g/mol. The molecule has 5 nitrogen and oxygen atoms in total. The Morgan fingerprint density at radius 3 is 2.45 bits per heavy atom. The highest BCUT2D eigenvalue weighted by Gasteiger charge is 2.23. The first-order valence-corrected chi connectivity index (χ1v) is 9.75. The van der Waals surface area contributed by atoms with E-state index in [2.05, 4.69) is 17.3 Å². The lowest BCUT2D eigenvalue weighted by atomic mass is 10.1. The maximum absolute atomic E-state index is 14.2. The fourth-order valence-electron chi connectivity index (χ4n) is 3.43. The van der Waals surface area contributed by atoms with Gasteiger partial charge in [0.25, 0.3) is 0 Å². The van der Waals surface area contributed by atoms with Crippen molar-refractivity contribution in [3.05, 3.63) is 65.2 Å². The fourth-order valence-corrected chi connectivity index (χ4v) is 3.43. The molecule has 2 aromatic carbocycles. The molecule has 0 spiro atoms. The highest BCUT2D eigenvalue weighted by molar-refractivity contribution is 5.74. The van der Waals surface area contributed by atoms with Crippen molar-refractivity contribution in [3.63, 3.8) is 0 Å². The van der Waals surface area contributed by atoms with Gasteiger partial charge in [-0.25, -0.2) is 13.6 Å². The van der Waals surface area contributed by atoms with Gasteiger partial charge in [-0.3, -0.25) is 0 Å². The number of carbonyl (C=O) groups excluding carboxylic acids is 1. The van der Waals surface area contributed by atoms with Crippen molar-refractivity contribution in [2.75, 3.05) is 27.2 Å². The Morgan fingerprint density at radius 2 is 1.83 bits per heavy atom. The average Bonchev–Trinajstić information content (AvgIpc) is 2.71. The summed E-state index contributed by atoms with van der Waals surface area (Å²) in [5.41, 5.74) is 1.17. The van der Waals surface area contributed by atoms with Crippen molar-refractivity contribution in [1.29, 1.82) is 0 Å². The third kappa shape index (κ3) is 5.90. The van der Waals surface area contributed by atoms with Crippen LogP contribution in [0.15, 0.2) is 42.5 Å². The smallest absolute Gasteiger partial charge is 0.318 e. The Hall–Kier alpha value is -2.67. The highest BCUT2D eigenvalue weighted by atomic mass is 19.1. The molecule has 0 radical (unpaired) electrons. The molecule has 1 saturated heterocycles. The van der Waals surface area contributed by atoms with Gasteiger partial charge in [-0.15, -0.1) is 0 Å². The normalized spacial score (nSPS) is 15.2. The minimum absolute atomic E-state index is 0.0522. The van der Waals surface area contributed by atoms with Crippen molar-refractivity contribution in [3.8, 4) is 5.75 Å². The molecule has 0 saturated carbocycles. The lowest BCUT2D eigenvalue weighted by Crippen LogP contribution is -2.48. The van der Waals surface area contributed by atoms with Crippen LogP contribution < -0.4 is 10.1 Å². The summed E-state index contributed by atoms with van der Waals surface area (Å²) >= 11 is 0. The van der Waals surface area contributed by atoms with Crippen LogP contribution in [0.1, 0.15) is 24.0 Å². The van der Waals surface area contributed by atoms with Gasteiger partial charge >= 0.3 is 6.03 Å². The first-order valence-electron chi connectivity index (χ1n) is 9.75. The number of nitrogens with zero attached hydrogens (tertiary/aromatic N) is 2. The van der Waals surface area contributed by atoms with Crippen molar-refractivity contribution < 1.29 is 18.3 Å². The predicted octanol–water partition coefficient (Wildman–Crippen LogP) is 3.78. The van der Waals surface area contributed by atoms with E-state index in [-0.39, 0.29) is 24.2 Å². The van der Waals surface area contributed by atoms with Crippen LogP contribution >= 0.6 is 0 Å². The zero-order valence-electron chi connectivity index (χ0n) is 16.8. The van der Waals surface area contributed by atoms with Gasteiger partial charge in [0, 0.05) is 24.2 Å². The third-order valence-corrected chi connectivity index (χ3v) is 5.24. The third-order valence-electron chi connectivity index (χ3n) is 5.24.